The Morgan fingerprint density at radius 2 is 1.66 bits per heavy atom. The van der Waals surface area contributed by atoms with E-state index in [2.05, 4.69) is 10.1 Å². The van der Waals surface area contributed by atoms with E-state index in [1.165, 1.54) is 30.3 Å². The van der Waals surface area contributed by atoms with Crippen LogP contribution in [0.4, 0.5) is 17.6 Å². The Balaban J connectivity index is 1.57. The van der Waals surface area contributed by atoms with E-state index in [9.17, 15) is 30.8 Å². The van der Waals surface area contributed by atoms with Crippen molar-refractivity contribution in [2.24, 2.45) is 0 Å². The van der Waals surface area contributed by atoms with Crippen LogP contribution in [0.15, 0.2) is 47.4 Å². The highest BCUT2D eigenvalue weighted by molar-refractivity contribution is 7.89. The summed E-state index contributed by atoms with van der Waals surface area (Å²) in [6, 6.07) is 7.41. The maximum absolute atomic E-state index is 14.0. The Kier molecular flexibility index (Phi) is 7.87. The number of hydrogen-bond donors (Lipinski definition) is 1. The molecular weight excluding hydrogens is 516 g/mol. The molecule has 0 aromatic heterocycles. The molecule has 1 aliphatic rings. The summed E-state index contributed by atoms with van der Waals surface area (Å²) in [6.07, 6.45) is -4.29. The van der Waals surface area contributed by atoms with Gasteiger partial charge in [-0.3, -0.25) is 4.79 Å². The van der Waals surface area contributed by atoms with E-state index in [1.54, 1.807) is 0 Å². The normalized spacial score (nSPS) is 16.1. The molecule has 1 fully saturated rings. The monoisotopic (exact) mass is 538 g/mol. The van der Waals surface area contributed by atoms with Gasteiger partial charge in [0.25, 0.3) is 5.91 Å². The highest BCUT2D eigenvalue weighted by Gasteiger charge is 2.35. The molecule has 0 atom stereocenters. The molecule has 0 unspecified atom stereocenters. The molecule has 0 spiro atoms. The standard InChI is InChI=1S/C22H23ClF4N2O5S/c1-21(2,34-19-8-3-14(23)13-18(19)24)20(30)28-15-9-11-29(12-10-15)35(31,32)17-6-4-16(5-7-17)33-22(25,26)27/h3-8,13,15H,9-12H2,1-2H3,(H,28,30). The van der Waals surface area contributed by atoms with E-state index >= 15 is 0 Å². The SMILES string of the molecule is CC(C)(Oc1ccc(Cl)cc1F)C(=O)NC1CCN(S(=O)(=O)c2ccc(OC(F)(F)F)cc2)CC1. The molecule has 1 amide bonds. The number of alkyl halides is 3. The van der Waals surface area contributed by atoms with E-state index < -0.39 is 39.5 Å². The summed E-state index contributed by atoms with van der Waals surface area (Å²) in [4.78, 5) is 12.6. The van der Waals surface area contributed by atoms with Crippen molar-refractivity contribution < 1.29 is 40.2 Å². The molecule has 1 N–H and O–H groups in total. The number of hydrogen-bond acceptors (Lipinski definition) is 5. The zero-order chi connectivity index (χ0) is 26.0. The number of carbonyl (C=O) groups excluding carboxylic acids is 1. The minimum Gasteiger partial charge on any atom is -0.475 e. The fourth-order valence-corrected chi connectivity index (χ4v) is 5.07. The summed E-state index contributed by atoms with van der Waals surface area (Å²) in [5, 5.41) is 2.98. The van der Waals surface area contributed by atoms with Crippen molar-refractivity contribution in [2.45, 2.75) is 49.6 Å². The van der Waals surface area contributed by atoms with Gasteiger partial charge in [0, 0.05) is 24.2 Å². The van der Waals surface area contributed by atoms with Gasteiger partial charge in [0.05, 0.1) is 4.90 Å². The molecule has 2 aromatic carbocycles. The topological polar surface area (TPSA) is 84.9 Å². The highest BCUT2D eigenvalue weighted by Crippen LogP contribution is 2.28. The first-order valence-electron chi connectivity index (χ1n) is 10.5. The lowest BCUT2D eigenvalue weighted by atomic mass is 10.0. The van der Waals surface area contributed by atoms with Crippen LogP contribution < -0.4 is 14.8 Å². The van der Waals surface area contributed by atoms with Crippen LogP contribution in [0.3, 0.4) is 0 Å². The molecule has 0 radical (unpaired) electrons. The summed E-state index contributed by atoms with van der Waals surface area (Å²) in [7, 11) is -3.95. The molecule has 7 nitrogen and oxygen atoms in total. The molecule has 1 saturated heterocycles. The highest BCUT2D eigenvalue weighted by atomic mass is 35.5. The van der Waals surface area contributed by atoms with Gasteiger partial charge in [-0.1, -0.05) is 11.6 Å². The largest absolute Gasteiger partial charge is 0.573 e. The van der Waals surface area contributed by atoms with Gasteiger partial charge in [-0.25, -0.2) is 12.8 Å². The van der Waals surface area contributed by atoms with Gasteiger partial charge < -0.3 is 14.8 Å². The Bertz CT molecular complexity index is 1170. The van der Waals surface area contributed by atoms with Crippen LogP contribution >= 0.6 is 11.6 Å². The number of amides is 1. The number of nitrogens with one attached hydrogen (secondary N) is 1. The van der Waals surface area contributed by atoms with Crippen LogP contribution in [-0.4, -0.2) is 49.7 Å². The van der Waals surface area contributed by atoms with Gasteiger partial charge in [-0.05, 0) is 69.2 Å². The second-order valence-electron chi connectivity index (χ2n) is 8.36. The van der Waals surface area contributed by atoms with Gasteiger partial charge >= 0.3 is 6.36 Å². The molecule has 0 bridgehead atoms. The number of benzene rings is 2. The van der Waals surface area contributed by atoms with E-state index in [0.717, 1.165) is 30.3 Å². The molecule has 192 valence electrons. The van der Waals surface area contributed by atoms with Crippen LogP contribution in [-0.2, 0) is 14.8 Å². The minimum absolute atomic E-state index is 0.0845. The summed E-state index contributed by atoms with van der Waals surface area (Å²) in [5.41, 5.74) is -1.42. The average molecular weight is 539 g/mol. The third-order valence-electron chi connectivity index (χ3n) is 5.29. The molecule has 1 heterocycles. The van der Waals surface area contributed by atoms with Gasteiger partial charge in [0.2, 0.25) is 10.0 Å². The van der Waals surface area contributed by atoms with Crippen LogP contribution in [0.2, 0.25) is 5.02 Å². The Morgan fingerprint density at radius 3 is 2.20 bits per heavy atom. The fourth-order valence-electron chi connectivity index (χ4n) is 3.44. The number of carbonyl (C=O) groups is 1. The smallest absolute Gasteiger partial charge is 0.475 e. The number of sulfonamides is 1. The molecular formula is C22H23ClF4N2O5S. The van der Waals surface area contributed by atoms with Crippen LogP contribution in [0.25, 0.3) is 0 Å². The maximum Gasteiger partial charge on any atom is 0.573 e. The molecule has 0 saturated carbocycles. The molecule has 3 rings (SSSR count). The van der Waals surface area contributed by atoms with Gasteiger partial charge in [0.15, 0.2) is 17.2 Å². The fraction of sp³-hybridized carbons (Fsp3) is 0.409. The zero-order valence-electron chi connectivity index (χ0n) is 18.7. The van der Waals surface area contributed by atoms with Gasteiger partial charge in [-0.15, -0.1) is 13.2 Å². The van der Waals surface area contributed by atoms with E-state index in [4.69, 9.17) is 16.3 Å². The maximum atomic E-state index is 14.0. The van der Waals surface area contributed by atoms with Crippen molar-refractivity contribution in [3.05, 3.63) is 53.3 Å². The summed E-state index contributed by atoms with van der Waals surface area (Å²) in [5.74, 6) is -1.88. The predicted octanol–water partition coefficient (Wildman–Crippen LogP) is 4.50. The lowest BCUT2D eigenvalue weighted by molar-refractivity contribution is -0.274. The molecule has 2 aromatic rings. The van der Waals surface area contributed by atoms with E-state index in [-0.39, 0.29) is 34.8 Å². The zero-order valence-corrected chi connectivity index (χ0v) is 20.3. The predicted molar refractivity (Wildman–Crippen MR) is 119 cm³/mol. The van der Waals surface area contributed by atoms with Crippen LogP contribution in [0.1, 0.15) is 26.7 Å². The lowest BCUT2D eigenvalue weighted by Gasteiger charge is -2.34. The second kappa shape index (κ2) is 10.2. The average Bonchev–Trinajstić information content (AvgIpc) is 2.75. The number of piperidine rings is 1. The molecule has 0 aliphatic carbocycles. The quantitative estimate of drug-likeness (QED) is 0.525. The number of halogens is 5. The van der Waals surface area contributed by atoms with Crippen molar-refractivity contribution >= 4 is 27.5 Å². The lowest BCUT2D eigenvalue weighted by Crippen LogP contribution is -2.53. The minimum atomic E-state index is -4.88. The van der Waals surface area contributed by atoms with Crippen molar-refractivity contribution in [1.82, 2.24) is 9.62 Å². The third-order valence-corrected chi connectivity index (χ3v) is 7.44. The molecule has 13 heteroatoms. The summed E-state index contributed by atoms with van der Waals surface area (Å²) in [6.45, 7) is 3.12. The molecule has 35 heavy (non-hydrogen) atoms. The van der Waals surface area contributed by atoms with Crippen LogP contribution in [0, 0.1) is 5.82 Å². The first-order chi connectivity index (χ1) is 16.2. The summed E-state index contributed by atoms with van der Waals surface area (Å²) >= 11 is 5.72. The van der Waals surface area contributed by atoms with Crippen LogP contribution in [0.5, 0.6) is 11.5 Å². The first kappa shape index (κ1) is 27.0. The van der Waals surface area contributed by atoms with Crippen molar-refractivity contribution in [3.63, 3.8) is 0 Å². The number of rotatable bonds is 7. The van der Waals surface area contributed by atoms with Crippen molar-refractivity contribution in [2.75, 3.05) is 13.1 Å². The van der Waals surface area contributed by atoms with Gasteiger partial charge in [0.1, 0.15) is 5.75 Å². The molecule has 1 aliphatic heterocycles. The Labute approximate surface area is 205 Å². The van der Waals surface area contributed by atoms with Crippen molar-refractivity contribution in [1.29, 1.82) is 0 Å². The van der Waals surface area contributed by atoms with E-state index in [1.807, 2.05) is 0 Å². The third kappa shape index (κ3) is 6.98. The van der Waals surface area contributed by atoms with E-state index in [0.29, 0.717) is 12.8 Å². The van der Waals surface area contributed by atoms with Crippen molar-refractivity contribution in [3.8, 4) is 11.5 Å². The Morgan fingerprint density at radius 1 is 1.06 bits per heavy atom. The summed E-state index contributed by atoms with van der Waals surface area (Å²) < 4.78 is 87.1. The number of nitrogens with zero attached hydrogens (tertiary/aromatic N) is 1. The second-order valence-corrected chi connectivity index (χ2v) is 10.7. The first-order valence-corrected chi connectivity index (χ1v) is 12.3. The number of ether oxygens (including phenoxy) is 2. The Hall–Kier alpha value is -2.57. The van der Waals surface area contributed by atoms with Gasteiger partial charge in [-0.2, -0.15) is 4.31 Å².